The van der Waals surface area contributed by atoms with Crippen molar-refractivity contribution in [3.05, 3.63) is 48.3 Å². The molecule has 0 spiro atoms. The van der Waals surface area contributed by atoms with Gasteiger partial charge in [-0.3, -0.25) is 9.59 Å². The Kier molecular flexibility index (Phi) is 8.58. The van der Waals surface area contributed by atoms with Gasteiger partial charge in [-0.15, -0.1) is 0 Å². The highest BCUT2D eigenvalue weighted by atomic mass is 32.2. The van der Waals surface area contributed by atoms with Gasteiger partial charge in [0, 0.05) is 37.8 Å². The highest BCUT2D eigenvalue weighted by Crippen LogP contribution is 2.19. The first-order valence-electron chi connectivity index (χ1n) is 10.9. The van der Waals surface area contributed by atoms with Gasteiger partial charge >= 0.3 is 12.0 Å². The Labute approximate surface area is 205 Å². The van der Waals surface area contributed by atoms with Crippen molar-refractivity contribution < 1.29 is 37.1 Å². The zero-order valence-corrected chi connectivity index (χ0v) is 19.8. The molecule has 1 aromatic heterocycles. The van der Waals surface area contributed by atoms with Crippen molar-refractivity contribution in [2.45, 2.75) is 42.7 Å². The maximum absolute atomic E-state index is 13.1. The lowest BCUT2D eigenvalue weighted by Gasteiger charge is -2.24. The number of amides is 4. The smallest absolute Gasteiger partial charge is 0.331 e. The number of urea groups is 1. The summed E-state index contributed by atoms with van der Waals surface area (Å²) < 4.78 is 39.7. The van der Waals surface area contributed by atoms with E-state index < -0.39 is 51.7 Å². The van der Waals surface area contributed by atoms with Crippen LogP contribution >= 0.6 is 0 Å². The number of H-pyrrole nitrogens is 1. The molecule has 0 bridgehead atoms. The molecule has 0 unspecified atom stereocenters. The van der Waals surface area contributed by atoms with Crippen molar-refractivity contribution in [2.24, 2.45) is 0 Å². The van der Waals surface area contributed by atoms with Crippen LogP contribution in [0.3, 0.4) is 0 Å². The number of nitrogens with one attached hydrogen (secondary N) is 4. The van der Waals surface area contributed by atoms with E-state index in [9.17, 15) is 37.1 Å². The molecule has 2 atom stereocenters. The van der Waals surface area contributed by atoms with Gasteiger partial charge in [-0.1, -0.05) is 0 Å². The molecule has 1 fully saturated rings. The summed E-state index contributed by atoms with van der Waals surface area (Å²) in [7, 11) is -4.28. The molecular formula is C21H25FN6O7S. The highest BCUT2D eigenvalue weighted by molar-refractivity contribution is 7.90. The standard InChI is InChI=1S/C21H25FN6O7S/c22-13-3-5-15(6-4-13)36(34,35)27-21(33)28-9-1-2-17(28)19(30)24-8-7-18(29)26-16(20(31)32)10-14-11-23-12-25-14/h3-6,11-12,16-17H,1-2,7-10H2,(H,23,25)(H,24,30)(H,26,29)(H,27,33)(H,31,32)/t16-,17-/m0/s1. The van der Waals surface area contributed by atoms with Crippen molar-refractivity contribution in [1.82, 2.24) is 30.2 Å². The van der Waals surface area contributed by atoms with E-state index in [0.717, 1.165) is 29.2 Å². The van der Waals surface area contributed by atoms with E-state index in [1.807, 2.05) is 4.72 Å². The van der Waals surface area contributed by atoms with Crippen molar-refractivity contribution in [3.8, 4) is 0 Å². The number of nitrogens with zero attached hydrogens (tertiary/aromatic N) is 2. The molecule has 3 rings (SSSR count). The average Bonchev–Trinajstić information content (AvgIpc) is 3.51. The molecule has 13 nitrogen and oxygen atoms in total. The first-order valence-corrected chi connectivity index (χ1v) is 12.4. The number of carbonyl (C=O) groups is 4. The Bertz CT molecular complexity index is 1200. The van der Waals surface area contributed by atoms with E-state index in [1.54, 1.807) is 0 Å². The molecule has 1 aromatic carbocycles. The molecular weight excluding hydrogens is 499 g/mol. The number of carboxylic acid groups (broad SMARTS) is 1. The molecule has 2 heterocycles. The lowest BCUT2D eigenvalue weighted by atomic mass is 10.1. The summed E-state index contributed by atoms with van der Waals surface area (Å²) in [4.78, 5) is 56.0. The van der Waals surface area contributed by atoms with Crippen LogP contribution in [0.15, 0.2) is 41.7 Å². The number of carbonyl (C=O) groups excluding carboxylic acids is 3. The zero-order chi connectivity index (χ0) is 26.3. The Morgan fingerprint density at radius 1 is 1.22 bits per heavy atom. The van der Waals surface area contributed by atoms with Crippen LogP contribution in [0, 0.1) is 5.82 Å². The third-order valence-corrected chi connectivity index (χ3v) is 6.76. The van der Waals surface area contributed by atoms with Crippen LogP contribution in [0.25, 0.3) is 0 Å². The fourth-order valence-corrected chi connectivity index (χ4v) is 4.59. The highest BCUT2D eigenvalue weighted by Gasteiger charge is 2.35. The van der Waals surface area contributed by atoms with Gasteiger partial charge in [-0.25, -0.2) is 32.1 Å². The average molecular weight is 525 g/mol. The third kappa shape index (κ3) is 7.00. The van der Waals surface area contributed by atoms with Crippen molar-refractivity contribution >= 4 is 33.8 Å². The summed E-state index contributed by atoms with van der Waals surface area (Å²) in [6, 6.07) is 0.753. The lowest BCUT2D eigenvalue weighted by molar-refractivity contribution is -0.141. The van der Waals surface area contributed by atoms with Crippen LogP contribution in [0.4, 0.5) is 9.18 Å². The summed E-state index contributed by atoms with van der Waals surface area (Å²) in [5.74, 6) is -3.05. The third-order valence-electron chi connectivity index (χ3n) is 5.43. The zero-order valence-electron chi connectivity index (χ0n) is 18.9. The van der Waals surface area contributed by atoms with Gasteiger partial charge in [0.05, 0.1) is 11.2 Å². The Hall–Kier alpha value is -4.01. The summed E-state index contributed by atoms with van der Waals surface area (Å²) in [6.45, 7) is 0.0120. The fraction of sp³-hybridized carbons (Fsp3) is 0.381. The Morgan fingerprint density at radius 2 is 1.94 bits per heavy atom. The van der Waals surface area contributed by atoms with Crippen LogP contribution < -0.4 is 15.4 Å². The largest absolute Gasteiger partial charge is 0.480 e. The second-order valence-electron chi connectivity index (χ2n) is 8.00. The van der Waals surface area contributed by atoms with Crippen LogP contribution in [0.1, 0.15) is 25.0 Å². The van der Waals surface area contributed by atoms with Crippen molar-refractivity contribution in [1.29, 1.82) is 0 Å². The number of hydrogen-bond donors (Lipinski definition) is 5. The molecule has 1 aliphatic rings. The van der Waals surface area contributed by atoms with Gasteiger partial charge < -0.3 is 25.6 Å². The molecule has 15 heteroatoms. The number of aromatic amines is 1. The Morgan fingerprint density at radius 3 is 2.58 bits per heavy atom. The van der Waals surface area contributed by atoms with Crippen LogP contribution in [0.5, 0.6) is 0 Å². The number of imidazole rings is 1. The van der Waals surface area contributed by atoms with Crippen LogP contribution in [-0.4, -0.2) is 77.4 Å². The van der Waals surface area contributed by atoms with E-state index in [-0.39, 0.29) is 37.2 Å². The summed E-state index contributed by atoms with van der Waals surface area (Å²) >= 11 is 0. The molecule has 4 amide bonds. The number of likely N-dealkylation sites (tertiary alicyclic amines) is 1. The molecule has 0 saturated carbocycles. The number of halogens is 1. The van der Waals surface area contributed by atoms with Gasteiger partial charge in [0.25, 0.3) is 10.0 Å². The number of aliphatic carboxylic acids is 1. The quantitative estimate of drug-likeness (QED) is 0.280. The van der Waals surface area contributed by atoms with Crippen LogP contribution in [-0.2, 0) is 30.8 Å². The first kappa shape index (κ1) is 26.6. The second kappa shape index (κ2) is 11.6. The molecule has 2 aromatic rings. The van der Waals surface area contributed by atoms with E-state index in [4.69, 9.17) is 0 Å². The van der Waals surface area contributed by atoms with E-state index in [0.29, 0.717) is 12.1 Å². The van der Waals surface area contributed by atoms with Crippen LogP contribution in [0.2, 0.25) is 0 Å². The van der Waals surface area contributed by atoms with Crippen molar-refractivity contribution in [3.63, 3.8) is 0 Å². The van der Waals surface area contributed by atoms with Gasteiger partial charge in [0.15, 0.2) is 0 Å². The number of hydrogen-bond acceptors (Lipinski definition) is 7. The summed E-state index contributed by atoms with van der Waals surface area (Å²) in [5, 5.41) is 14.2. The first-order chi connectivity index (χ1) is 17.1. The molecule has 0 aliphatic carbocycles. The number of carboxylic acids is 1. The minimum absolute atomic E-state index is 0.000405. The minimum Gasteiger partial charge on any atom is -0.480 e. The monoisotopic (exact) mass is 524 g/mol. The molecule has 0 radical (unpaired) electrons. The minimum atomic E-state index is -4.28. The van der Waals surface area contributed by atoms with Gasteiger partial charge in [0.1, 0.15) is 17.9 Å². The molecule has 5 N–H and O–H groups in total. The topological polar surface area (TPSA) is 191 Å². The maximum atomic E-state index is 13.1. The summed E-state index contributed by atoms with van der Waals surface area (Å²) in [6.07, 6.45) is 3.35. The van der Waals surface area contributed by atoms with E-state index in [2.05, 4.69) is 20.6 Å². The fourth-order valence-electron chi connectivity index (χ4n) is 3.63. The predicted molar refractivity (Wildman–Crippen MR) is 121 cm³/mol. The number of benzene rings is 1. The van der Waals surface area contributed by atoms with Crippen molar-refractivity contribution in [2.75, 3.05) is 13.1 Å². The SMILES string of the molecule is O=C(CCNC(=O)[C@@H]1CCCN1C(=O)NS(=O)(=O)c1ccc(F)cc1)N[C@@H](Cc1cnc[nH]1)C(=O)O. The number of sulfonamides is 1. The normalized spacial score (nSPS) is 16.2. The second-order valence-corrected chi connectivity index (χ2v) is 9.68. The van der Waals surface area contributed by atoms with Gasteiger partial charge in [0.2, 0.25) is 11.8 Å². The number of aromatic nitrogens is 2. The molecule has 1 saturated heterocycles. The molecule has 194 valence electrons. The van der Waals surface area contributed by atoms with Gasteiger partial charge in [-0.2, -0.15) is 0 Å². The maximum Gasteiger partial charge on any atom is 0.331 e. The lowest BCUT2D eigenvalue weighted by Crippen LogP contribution is -2.51. The van der Waals surface area contributed by atoms with Gasteiger partial charge in [-0.05, 0) is 37.1 Å². The molecule has 1 aliphatic heterocycles. The van der Waals surface area contributed by atoms with E-state index in [1.165, 1.54) is 12.5 Å². The summed E-state index contributed by atoms with van der Waals surface area (Å²) in [5.41, 5.74) is 0.525. The predicted octanol–water partition coefficient (Wildman–Crippen LogP) is -0.270. The molecule has 36 heavy (non-hydrogen) atoms. The van der Waals surface area contributed by atoms with E-state index >= 15 is 0 Å². The Balaban J connectivity index is 1.49. The number of rotatable bonds is 10.